The zero-order chi connectivity index (χ0) is 18.6. The Balaban J connectivity index is 1.49. The molecule has 2 aromatic rings. The Bertz CT molecular complexity index is 877. The minimum absolute atomic E-state index is 0.0936. The van der Waals surface area contributed by atoms with Gasteiger partial charge in [-0.1, -0.05) is 0 Å². The van der Waals surface area contributed by atoms with E-state index in [0.29, 0.717) is 25.3 Å². The molecule has 26 heavy (non-hydrogen) atoms. The molecule has 9 heteroatoms. The monoisotopic (exact) mass is 379 g/mol. The zero-order valence-corrected chi connectivity index (χ0v) is 15.3. The number of benzene rings is 1. The molecule has 0 spiro atoms. The minimum Gasteiger partial charge on any atom is -0.356 e. The van der Waals surface area contributed by atoms with Gasteiger partial charge in [0, 0.05) is 32.3 Å². The molecule has 7 nitrogen and oxygen atoms in total. The molecule has 0 saturated carbocycles. The van der Waals surface area contributed by atoms with Crippen LogP contribution in [0, 0.1) is 5.82 Å². The Morgan fingerprint density at radius 2 is 2.12 bits per heavy atom. The number of guanidine groups is 1. The van der Waals surface area contributed by atoms with Gasteiger partial charge >= 0.3 is 0 Å². The molecule has 2 N–H and O–H groups in total. The van der Waals surface area contributed by atoms with Crippen molar-refractivity contribution >= 4 is 15.8 Å². The fraction of sp³-hybridized carbons (Fsp3) is 0.412. The molecule has 1 fully saturated rings. The van der Waals surface area contributed by atoms with Crippen LogP contribution in [0.15, 0.2) is 41.5 Å². The lowest BCUT2D eigenvalue weighted by Crippen LogP contribution is -2.44. The fourth-order valence-corrected chi connectivity index (χ4v) is 4.51. The van der Waals surface area contributed by atoms with Crippen molar-refractivity contribution < 1.29 is 12.8 Å². The third-order valence-electron chi connectivity index (χ3n) is 4.21. The first-order valence-corrected chi connectivity index (χ1v) is 10.3. The third-order valence-corrected chi connectivity index (χ3v) is 5.97. The maximum absolute atomic E-state index is 13.0. The topological polar surface area (TPSA) is 88.4 Å². The van der Waals surface area contributed by atoms with Crippen LogP contribution < -0.4 is 10.6 Å². The van der Waals surface area contributed by atoms with Gasteiger partial charge in [-0.25, -0.2) is 17.5 Å². The van der Waals surface area contributed by atoms with Gasteiger partial charge in [-0.3, -0.25) is 4.99 Å². The minimum atomic E-state index is -2.92. The Hall–Kier alpha value is -2.42. The summed E-state index contributed by atoms with van der Waals surface area (Å²) in [5, 5.41) is 10.8. The molecule has 3 rings (SSSR count). The number of aromatic nitrogens is 2. The molecule has 0 bridgehead atoms. The number of halogens is 1. The zero-order valence-electron chi connectivity index (χ0n) is 14.5. The van der Waals surface area contributed by atoms with E-state index in [-0.39, 0.29) is 23.4 Å². The van der Waals surface area contributed by atoms with Crippen LogP contribution in [0.5, 0.6) is 0 Å². The van der Waals surface area contributed by atoms with E-state index in [1.54, 1.807) is 23.9 Å². The Labute approximate surface area is 152 Å². The van der Waals surface area contributed by atoms with E-state index in [0.717, 1.165) is 11.4 Å². The van der Waals surface area contributed by atoms with E-state index in [2.05, 4.69) is 20.7 Å². The summed E-state index contributed by atoms with van der Waals surface area (Å²) in [7, 11) is -1.27. The van der Waals surface area contributed by atoms with Gasteiger partial charge in [-0.05, 0) is 36.8 Å². The van der Waals surface area contributed by atoms with Gasteiger partial charge in [-0.15, -0.1) is 0 Å². The lowest BCUT2D eigenvalue weighted by molar-refractivity contribution is 0.599. The number of rotatable bonds is 5. The van der Waals surface area contributed by atoms with E-state index >= 15 is 0 Å². The van der Waals surface area contributed by atoms with Crippen molar-refractivity contribution in [3.8, 4) is 5.69 Å². The summed E-state index contributed by atoms with van der Waals surface area (Å²) in [6.45, 7) is 0.611. The van der Waals surface area contributed by atoms with E-state index in [1.807, 2.05) is 12.3 Å². The lowest BCUT2D eigenvalue weighted by Gasteiger charge is -2.15. The van der Waals surface area contributed by atoms with Crippen LogP contribution in [0.1, 0.15) is 12.1 Å². The maximum Gasteiger partial charge on any atom is 0.191 e. The second-order valence-corrected chi connectivity index (χ2v) is 8.45. The standard InChI is InChI=1S/C17H22FN5O2S/c1-19-17(21-15-8-11-26(24,25)12-15)20-9-6-14-7-10-23(22-14)16-4-2-13(18)3-5-16/h2-5,7,10,15H,6,8-9,11-12H2,1H3,(H2,19,20,21). The van der Waals surface area contributed by atoms with Gasteiger partial charge in [0.25, 0.3) is 0 Å². The molecule has 1 unspecified atom stereocenters. The van der Waals surface area contributed by atoms with Crippen molar-refractivity contribution in [1.82, 2.24) is 20.4 Å². The van der Waals surface area contributed by atoms with Gasteiger partial charge in [0.05, 0.1) is 22.9 Å². The third kappa shape index (κ3) is 4.81. The van der Waals surface area contributed by atoms with Crippen molar-refractivity contribution in [3.05, 3.63) is 48.0 Å². The van der Waals surface area contributed by atoms with Gasteiger partial charge < -0.3 is 10.6 Å². The Kier molecular flexibility index (Phi) is 5.55. The highest BCUT2D eigenvalue weighted by atomic mass is 32.2. The second kappa shape index (κ2) is 7.86. The average molecular weight is 379 g/mol. The number of hydrogen-bond acceptors (Lipinski definition) is 4. The van der Waals surface area contributed by atoms with Crippen molar-refractivity contribution in [2.24, 2.45) is 4.99 Å². The van der Waals surface area contributed by atoms with Gasteiger partial charge in [0.15, 0.2) is 15.8 Å². The van der Waals surface area contributed by atoms with Crippen LogP contribution in [0.4, 0.5) is 4.39 Å². The van der Waals surface area contributed by atoms with E-state index in [1.165, 1.54) is 12.1 Å². The maximum atomic E-state index is 13.0. The highest BCUT2D eigenvalue weighted by Gasteiger charge is 2.28. The number of hydrogen-bond donors (Lipinski definition) is 2. The van der Waals surface area contributed by atoms with Gasteiger partial charge in [0.2, 0.25) is 0 Å². The molecule has 1 aromatic carbocycles. The van der Waals surface area contributed by atoms with E-state index < -0.39 is 9.84 Å². The lowest BCUT2D eigenvalue weighted by atomic mass is 10.3. The van der Waals surface area contributed by atoms with Crippen molar-refractivity contribution in [3.63, 3.8) is 0 Å². The normalized spacial score (nSPS) is 19.5. The molecule has 1 aliphatic heterocycles. The smallest absolute Gasteiger partial charge is 0.191 e. The molecular formula is C17H22FN5O2S. The van der Waals surface area contributed by atoms with Crippen molar-refractivity contribution in [2.45, 2.75) is 18.9 Å². The van der Waals surface area contributed by atoms with Gasteiger partial charge in [-0.2, -0.15) is 5.10 Å². The molecular weight excluding hydrogens is 357 g/mol. The molecule has 0 amide bonds. The number of sulfone groups is 1. The molecule has 1 aliphatic rings. The SMILES string of the molecule is CN=C(NCCc1ccn(-c2ccc(F)cc2)n1)NC1CCS(=O)(=O)C1. The van der Waals surface area contributed by atoms with Gasteiger partial charge in [0.1, 0.15) is 5.82 Å². The highest BCUT2D eigenvalue weighted by molar-refractivity contribution is 7.91. The molecule has 0 radical (unpaired) electrons. The van der Waals surface area contributed by atoms with E-state index in [9.17, 15) is 12.8 Å². The van der Waals surface area contributed by atoms with Crippen molar-refractivity contribution in [2.75, 3.05) is 25.1 Å². The van der Waals surface area contributed by atoms with Crippen molar-refractivity contribution in [1.29, 1.82) is 0 Å². The summed E-state index contributed by atoms with van der Waals surface area (Å²) in [6, 6.07) is 7.96. The van der Waals surface area contributed by atoms with Crippen LogP contribution in [-0.4, -0.2) is 55.3 Å². The summed E-state index contributed by atoms with van der Waals surface area (Å²) < 4.78 is 37.7. The molecule has 1 saturated heterocycles. The molecule has 0 aliphatic carbocycles. The fourth-order valence-electron chi connectivity index (χ4n) is 2.84. The van der Waals surface area contributed by atoms with Crippen LogP contribution >= 0.6 is 0 Å². The first-order valence-electron chi connectivity index (χ1n) is 8.43. The average Bonchev–Trinajstić information content (AvgIpc) is 3.21. The summed E-state index contributed by atoms with van der Waals surface area (Å²) >= 11 is 0. The van der Waals surface area contributed by atoms with Crippen LogP contribution in [-0.2, 0) is 16.3 Å². The van der Waals surface area contributed by atoms with Crippen LogP contribution in [0.25, 0.3) is 5.69 Å². The molecule has 2 heterocycles. The van der Waals surface area contributed by atoms with Crippen LogP contribution in [0.3, 0.4) is 0 Å². The molecule has 1 aromatic heterocycles. The summed E-state index contributed by atoms with van der Waals surface area (Å²) in [4.78, 5) is 4.13. The first-order chi connectivity index (χ1) is 12.4. The second-order valence-electron chi connectivity index (χ2n) is 6.22. The largest absolute Gasteiger partial charge is 0.356 e. The molecule has 140 valence electrons. The summed E-state index contributed by atoms with van der Waals surface area (Å²) in [6.07, 6.45) is 3.11. The van der Waals surface area contributed by atoms with Crippen LogP contribution in [0.2, 0.25) is 0 Å². The predicted octanol–water partition coefficient (Wildman–Crippen LogP) is 0.906. The number of nitrogens with zero attached hydrogens (tertiary/aromatic N) is 3. The number of aliphatic imine (C=N–C) groups is 1. The summed E-state index contributed by atoms with van der Waals surface area (Å²) in [5.74, 6) is 0.683. The quantitative estimate of drug-likeness (QED) is 0.595. The highest BCUT2D eigenvalue weighted by Crippen LogP contribution is 2.11. The number of nitrogens with one attached hydrogen (secondary N) is 2. The first kappa shape index (κ1) is 18.4. The molecule has 1 atom stereocenters. The summed E-state index contributed by atoms with van der Waals surface area (Å²) in [5.41, 5.74) is 1.69. The Morgan fingerprint density at radius 1 is 1.35 bits per heavy atom. The Morgan fingerprint density at radius 3 is 2.77 bits per heavy atom. The van der Waals surface area contributed by atoms with E-state index in [4.69, 9.17) is 0 Å². The predicted molar refractivity (Wildman–Crippen MR) is 98.8 cm³/mol.